The van der Waals surface area contributed by atoms with Crippen LogP contribution in [0.5, 0.6) is 0 Å². The topological polar surface area (TPSA) is 53.1 Å². The lowest BCUT2D eigenvalue weighted by Gasteiger charge is -2.16. The molecule has 0 unspecified atom stereocenters. The van der Waals surface area contributed by atoms with Gasteiger partial charge in [-0.25, -0.2) is 4.98 Å². The fourth-order valence-electron chi connectivity index (χ4n) is 3.61. The Balaban J connectivity index is 1.95. The summed E-state index contributed by atoms with van der Waals surface area (Å²) in [5.74, 6) is 1.65. The summed E-state index contributed by atoms with van der Waals surface area (Å²) in [4.78, 5) is 4.77. The van der Waals surface area contributed by atoms with Crippen molar-refractivity contribution in [1.29, 1.82) is 5.26 Å². The second-order valence-corrected chi connectivity index (χ2v) is 7.79. The Labute approximate surface area is 165 Å². The molecule has 0 bridgehead atoms. The zero-order valence-corrected chi connectivity index (χ0v) is 16.7. The smallest absolute Gasteiger partial charge is 0.157 e. The van der Waals surface area contributed by atoms with E-state index in [1.54, 1.807) is 0 Å². The molecule has 4 nitrogen and oxygen atoms in total. The van der Waals surface area contributed by atoms with E-state index in [2.05, 4.69) is 73.8 Å². The number of nitrogens with zero attached hydrogens (tertiary/aromatic N) is 3. The van der Waals surface area contributed by atoms with Gasteiger partial charge in [0.2, 0.25) is 0 Å². The van der Waals surface area contributed by atoms with Gasteiger partial charge >= 0.3 is 0 Å². The average molecular weight is 368 g/mol. The van der Waals surface area contributed by atoms with E-state index in [1.165, 1.54) is 5.56 Å². The van der Waals surface area contributed by atoms with Crippen molar-refractivity contribution in [2.45, 2.75) is 39.5 Å². The van der Waals surface area contributed by atoms with Gasteiger partial charge in [-0.2, -0.15) is 5.26 Å². The molecule has 4 heteroatoms. The molecule has 140 valence electrons. The van der Waals surface area contributed by atoms with Crippen LogP contribution in [-0.2, 0) is 0 Å². The Morgan fingerprint density at radius 2 is 1.68 bits per heavy atom. The Morgan fingerprint density at radius 3 is 2.32 bits per heavy atom. The maximum absolute atomic E-state index is 9.83. The van der Waals surface area contributed by atoms with Crippen molar-refractivity contribution in [2.75, 3.05) is 5.32 Å². The number of anilines is 2. The van der Waals surface area contributed by atoms with Gasteiger partial charge in [-0.15, -0.1) is 0 Å². The van der Waals surface area contributed by atoms with Crippen LogP contribution in [0.25, 0.3) is 16.7 Å². The Kier molecular flexibility index (Phi) is 4.52. The summed E-state index contributed by atoms with van der Waals surface area (Å²) < 4.78 is 2.05. The first-order chi connectivity index (χ1) is 13.5. The zero-order chi connectivity index (χ0) is 19.8. The number of rotatable bonds is 4. The Bertz CT molecular complexity index is 1190. The number of hydrogen-bond acceptors (Lipinski definition) is 3. The van der Waals surface area contributed by atoms with Crippen molar-refractivity contribution in [3.63, 3.8) is 0 Å². The van der Waals surface area contributed by atoms with Crippen LogP contribution >= 0.6 is 0 Å². The lowest BCUT2D eigenvalue weighted by atomic mass is 9.99. The lowest BCUT2D eigenvalue weighted by molar-refractivity contribution is 0.859. The van der Waals surface area contributed by atoms with Crippen LogP contribution in [0.3, 0.4) is 0 Å². The van der Waals surface area contributed by atoms with Crippen molar-refractivity contribution >= 4 is 28.2 Å². The molecular formula is C24H24N4. The number of hydrogen-bond donors (Lipinski definition) is 1. The summed E-state index contributed by atoms with van der Waals surface area (Å²) in [6, 6.07) is 21.0. The van der Waals surface area contributed by atoms with Crippen LogP contribution in [0, 0.1) is 11.3 Å². The third-order valence-corrected chi connectivity index (χ3v) is 5.19. The summed E-state index contributed by atoms with van der Waals surface area (Å²) in [5, 5.41) is 13.4. The maximum atomic E-state index is 9.83. The van der Waals surface area contributed by atoms with E-state index in [1.807, 2.05) is 24.3 Å². The average Bonchev–Trinajstić information content (AvgIpc) is 3.07. The molecule has 28 heavy (non-hydrogen) atoms. The van der Waals surface area contributed by atoms with Gasteiger partial charge in [0.15, 0.2) is 5.65 Å². The Morgan fingerprint density at radius 1 is 0.964 bits per heavy atom. The lowest BCUT2D eigenvalue weighted by Crippen LogP contribution is -2.05. The SMILES string of the molecule is CC(C)c1ccc(Nc2cc(C(C)C)c(C#N)c3nc4ccccc4n23)cc1. The van der Waals surface area contributed by atoms with Gasteiger partial charge in [0.25, 0.3) is 0 Å². The summed E-state index contributed by atoms with van der Waals surface area (Å²) in [6.45, 7) is 8.60. The normalized spacial score (nSPS) is 11.5. The minimum atomic E-state index is 0.225. The molecule has 2 aromatic carbocycles. The van der Waals surface area contributed by atoms with E-state index in [-0.39, 0.29) is 5.92 Å². The molecule has 0 fully saturated rings. The molecule has 0 radical (unpaired) electrons. The molecule has 1 N–H and O–H groups in total. The number of nitriles is 1. The monoisotopic (exact) mass is 368 g/mol. The van der Waals surface area contributed by atoms with Gasteiger partial charge in [0.05, 0.1) is 16.6 Å². The van der Waals surface area contributed by atoms with Crippen LogP contribution in [0.4, 0.5) is 11.5 Å². The van der Waals surface area contributed by atoms with E-state index in [9.17, 15) is 5.26 Å². The standard InChI is InChI=1S/C24H24N4/c1-15(2)17-9-11-18(12-10-17)26-23-13-19(16(3)4)20(14-25)24-27-21-7-5-6-8-22(21)28(23)24/h5-13,15-16,26H,1-4H3. The first-order valence-corrected chi connectivity index (χ1v) is 9.70. The molecule has 4 rings (SSSR count). The third-order valence-electron chi connectivity index (χ3n) is 5.19. The first-order valence-electron chi connectivity index (χ1n) is 9.70. The molecule has 0 saturated heterocycles. The van der Waals surface area contributed by atoms with Gasteiger partial charge in [-0.05, 0) is 53.3 Å². The minimum absolute atomic E-state index is 0.225. The van der Waals surface area contributed by atoms with Gasteiger partial charge < -0.3 is 5.32 Å². The quantitative estimate of drug-likeness (QED) is 0.456. The molecule has 0 atom stereocenters. The molecule has 4 aromatic rings. The summed E-state index contributed by atoms with van der Waals surface area (Å²) >= 11 is 0. The highest BCUT2D eigenvalue weighted by molar-refractivity contribution is 5.86. The van der Waals surface area contributed by atoms with E-state index >= 15 is 0 Å². The number of para-hydroxylation sites is 2. The molecule has 0 aliphatic rings. The molecule has 0 amide bonds. The highest BCUT2D eigenvalue weighted by Crippen LogP contribution is 2.32. The predicted octanol–water partition coefficient (Wildman–Crippen LogP) is 6.35. The van der Waals surface area contributed by atoms with Crippen molar-refractivity contribution in [3.8, 4) is 6.07 Å². The molecule has 2 heterocycles. The van der Waals surface area contributed by atoms with Crippen LogP contribution in [0.15, 0.2) is 54.6 Å². The summed E-state index contributed by atoms with van der Waals surface area (Å²) in [5.41, 5.74) is 6.56. The second kappa shape index (κ2) is 7.01. The highest BCUT2D eigenvalue weighted by atomic mass is 15.1. The second-order valence-electron chi connectivity index (χ2n) is 7.79. The number of fused-ring (bicyclic) bond motifs is 3. The van der Waals surface area contributed by atoms with Crippen molar-refractivity contribution in [1.82, 2.24) is 9.38 Å². The van der Waals surface area contributed by atoms with Crippen LogP contribution in [-0.4, -0.2) is 9.38 Å². The molecular weight excluding hydrogens is 344 g/mol. The fraction of sp³-hybridized carbons (Fsp3) is 0.250. The first kappa shape index (κ1) is 18.1. The van der Waals surface area contributed by atoms with Crippen molar-refractivity contribution in [2.24, 2.45) is 0 Å². The van der Waals surface area contributed by atoms with E-state index < -0.39 is 0 Å². The fourth-order valence-corrected chi connectivity index (χ4v) is 3.61. The van der Waals surface area contributed by atoms with E-state index in [0.29, 0.717) is 17.1 Å². The third kappa shape index (κ3) is 2.99. The van der Waals surface area contributed by atoms with Crippen LogP contribution in [0.2, 0.25) is 0 Å². The number of imidazole rings is 1. The number of benzene rings is 2. The summed E-state index contributed by atoms with van der Waals surface area (Å²) in [7, 11) is 0. The summed E-state index contributed by atoms with van der Waals surface area (Å²) in [6.07, 6.45) is 0. The molecule has 0 spiro atoms. The largest absolute Gasteiger partial charge is 0.341 e. The van der Waals surface area contributed by atoms with Gasteiger partial charge in [-0.1, -0.05) is 52.0 Å². The minimum Gasteiger partial charge on any atom is -0.341 e. The van der Waals surface area contributed by atoms with Crippen molar-refractivity contribution < 1.29 is 0 Å². The molecule has 0 aliphatic heterocycles. The molecule has 0 saturated carbocycles. The van der Waals surface area contributed by atoms with Crippen molar-refractivity contribution in [3.05, 3.63) is 71.3 Å². The van der Waals surface area contributed by atoms with Gasteiger partial charge in [0, 0.05) is 5.69 Å². The number of nitrogens with one attached hydrogen (secondary N) is 1. The molecule has 2 aromatic heterocycles. The number of pyridine rings is 1. The molecule has 0 aliphatic carbocycles. The highest BCUT2D eigenvalue weighted by Gasteiger charge is 2.18. The van der Waals surface area contributed by atoms with E-state index in [4.69, 9.17) is 4.98 Å². The van der Waals surface area contributed by atoms with Crippen LogP contribution < -0.4 is 5.32 Å². The number of aromatic nitrogens is 2. The van der Waals surface area contributed by atoms with E-state index in [0.717, 1.165) is 28.1 Å². The Hall–Kier alpha value is -3.32. The van der Waals surface area contributed by atoms with Gasteiger partial charge in [0.1, 0.15) is 11.9 Å². The predicted molar refractivity (Wildman–Crippen MR) is 115 cm³/mol. The van der Waals surface area contributed by atoms with Gasteiger partial charge in [-0.3, -0.25) is 4.40 Å². The van der Waals surface area contributed by atoms with Crippen LogP contribution in [0.1, 0.15) is 56.2 Å². The maximum Gasteiger partial charge on any atom is 0.157 e. The zero-order valence-electron chi connectivity index (χ0n) is 16.7.